The second kappa shape index (κ2) is 8.42. The van der Waals surface area contributed by atoms with Crippen molar-refractivity contribution in [2.24, 2.45) is 0 Å². The lowest BCUT2D eigenvalue weighted by molar-refractivity contribution is -0.117. The van der Waals surface area contributed by atoms with E-state index in [0.29, 0.717) is 15.7 Å². The third-order valence-corrected chi connectivity index (χ3v) is 3.95. The number of carbonyl (C=O) groups excluding carboxylic acids is 2. The predicted molar refractivity (Wildman–Crippen MR) is 101 cm³/mol. The molecule has 7 heteroatoms. The summed E-state index contributed by atoms with van der Waals surface area (Å²) in [5.41, 5.74) is 1.72. The van der Waals surface area contributed by atoms with Crippen molar-refractivity contribution in [3.63, 3.8) is 0 Å². The van der Waals surface area contributed by atoms with Gasteiger partial charge in [0.15, 0.2) is 0 Å². The van der Waals surface area contributed by atoms with Crippen LogP contribution in [-0.2, 0) is 4.79 Å². The molecule has 0 fully saturated rings. The number of carbonyl (C=O) groups is 2. The molecule has 0 spiro atoms. The molecule has 0 saturated heterocycles. The number of nitrogens with one attached hydrogen (secondary N) is 2. The maximum Gasteiger partial charge on any atom is 0.252 e. The maximum atomic E-state index is 12.3. The van der Waals surface area contributed by atoms with E-state index in [-0.39, 0.29) is 17.2 Å². The van der Waals surface area contributed by atoms with Gasteiger partial charge in [0.05, 0.1) is 0 Å². The summed E-state index contributed by atoms with van der Waals surface area (Å²) in [6.45, 7) is 3.78. The van der Waals surface area contributed by atoms with E-state index < -0.39 is 11.9 Å². The molecule has 0 aliphatic carbocycles. The molecule has 0 aromatic heterocycles. The van der Waals surface area contributed by atoms with E-state index in [1.54, 1.807) is 24.3 Å². The van der Waals surface area contributed by atoms with E-state index in [1.165, 1.54) is 18.2 Å². The quantitative estimate of drug-likeness (QED) is 0.689. The maximum absolute atomic E-state index is 12.3. The highest BCUT2D eigenvalue weighted by molar-refractivity contribution is 7.80. The van der Waals surface area contributed by atoms with Crippen LogP contribution in [0.25, 0.3) is 0 Å². The van der Waals surface area contributed by atoms with Crippen LogP contribution in [0.2, 0.25) is 10.0 Å². The minimum absolute atomic E-state index is 0.138. The highest BCUT2D eigenvalue weighted by Crippen LogP contribution is 2.19. The SMILES string of the molecule is [CH2]c1ccc(NC(=O)[C@@H](CS)NC(=O)c2cc(Cl)cc(Cl)c2)cc1. The Morgan fingerprint density at radius 2 is 1.67 bits per heavy atom. The summed E-state index contributed by atoms with van der Waals surface area (Å²) in [5, 5.41) is 6.01. The molecule has 0 unspecified atom stereocenters. The van der Waals surface area contributed by atoms with Crippen LogP contribution in [0.5, 0.6) is 0 Å². The Hall–Kier alpha value is -1.69. The Labute approximate surface area is 155 Å². The smallest absolute Gasteiger partial charge is 0.252 e. The summed E-state index contributed by atoms with van der Waals surface area (Å²) in [7, 11) is 0. The average Bonchev–Trinajstić information content (AvgIpc) is 2.53. The van der Waals surface area contributed by atoms with E-state index in [1.807, 2.05) is 0 Å². The van der Waals surface area contributed by atoms with Gasteiger partial charge in [0.2, 0.25) is 5.91 Å². The highest BCUT2D eigenvalue weighted by atomic mass is 35.5. The number of hydrogen-bond donors (Lipinski definition) is 3. The standard InChI is InChI=1S/C17H15Cl2N2O2S/c1-10-2-4-14(5-3-10)20-17(23)15(9-24)21-16(22)11-6-12(18)8-13(19)7-11/h2-8,15,24H,1,9H2,(H,20,23)(H,21,22)/t15-/m1/s1. The van der Waals surface area contributed by atoms with E-state index in [2.05, 4.69) is 30.2 Å². The first-order valence-corrected chi connectivity index (χ1v) is 8.38. The van der Waals surface area contributed by atoms with E-state index in [0.717, 1.165) is 5.56 Å². The molecule has 4 nitrogen and oxygen atoms in total. The van der Waals surface area contributed by atoms with Gasteiger partial charge < -0.3 is 10.6 Å². The summed E-state index contributed by atoms with van der Waals surface area (Å²) in [5.74, 6) is -0.691. The molecule has 1 radical (unpaired) electrons. The van der Waals surface area contributed by atoms with Crippen molar-refractivity contribution in [2.75, 3.05) is 11.1 Å². The lowest BCUT2D eigenvalue weighted by Gasteiger charge is -2.17. The molecule has 2 rings (SSSR count). The van der Waals surface area contributed by atoms with Crippen LogP contribution in [-0.4, -0.2) is 23.6 Å². The second-order valence-electron chi connectivity index (χ2n) is 5.05. The van der Waals surface area contributed by atoms with Gasteiger partial charge in [-0.05, 0) is 42.8 Å². The number of hydrogen-bond acceptors (Lipinski definition) is 3. The van der Waals surface area contributed by atoms with Crippen LogP contribution in [0.15, 0.2) is 42.5 Å². The van der Waals surface area contributed by atoms with Gasteiger partial charge in [-0.3, -0.25) is 9.59 Å². The first kappa shape index (κ1) is 18.6. The Bertz CT molecular complexity index is 731. The Balaban J connectivity index is 2.06. The van der Waals surface area contributed by atoms with Crippen LogP contribution >= 0.6 is 35.8 Å². The van der Waals surface area contributed by atoms with Crippen molar-refractivity contribution < 1.29 is 9.59 Å². The van der Waals surface area contributed by atoms with Crippen LogP contribution < -0.4 is 10.6 Å². The van der Waals surface area contributed by atoms with Crippen molar-refractivity contribution in [1.82, 2.24) is 5.32 Å². The monoisotopic (exact) mass is 381 g/mol. The van der Waals surface area contributed by atoms with Crippen LogP contribution in [0.4, 0.5) is 5.69 Å². The normalized spacial score (nSPS) is 11.7. The van der Waals surface area contributed by atoms with Gasteiger partial charge >= 0.3 is 0 Å². The Morgan fingerprint density at radius 1 is 1.08 bits per heavy atom. The fourth-order valence-corrected chi connectivity index (χ4v) is 2.72. The van der Waals surface area contributed by atoms with E-state index in [9.17, 15) is 9.59 Å². The first-order chi connectivity index (χ1) is 11.4. The highest BCUT2D eigenvalue weighted by Gasteiger charge is 2.20. The molecular formula is C17H15Cl2N2O2S. The number of thiol groups is 1. The lowest BCUT2D eigenvalue weighted by Crippen LogP contribution is -2.45. The molecule has 2 N–H and O–H groups in total. The molecule has 2 amide bonds. The summed E-state index contributed by atoms with van der Waals surface area (Å²) in [4.78, 5) is 24.6. The minimum Gasteiger partial charge on any atom is -0.339 e. The molecule has 2 aromatic carbocycles. The molecule has 0 heterocycles. The summed E-state index contributed by atoms with van der Waals surface area (Å²) < 4.78 is 0. The molecule has 2 aromatic rings. The zero-order valence-electron chi connectivity index (χ0n) is 12.6. The third kappa shape index (κ3) is 5.16. The van der Waals surface area contributed by atoms with Crippen molar-refractivity contribution in [3.05, 3.63) is 70.6 Å². The van der Waals surface area contributed by atoms with Crippen molar-refractivity contribution in [3.8, 4) is 0 Å². The second-order valence-corrected chi connectivity index (χ2v) is 6.29. The topological polar surface area (TPSA) is 58.2 Å². The van der Waals surface area contributed by atoms with Gasteiger partial charge in [-0.15, -0.1) is 0 Å². The fraction of sp³-hybridized carbons (Fsp3) is 0.118. The zero-order chi connectivity index (χ0) is 17.7. The number of rotatable bonds is 5. The number of amides is 2. The van der Waals surface area contributed by atoms with Gasteiger partial charge in [-0.1, -0.05) is 35.3 Å². The van der Waals surface area contributed by atoms with Gasteiger partial charge in [-0.25, -0.2) is 0 Å². The summed E-state index contributed by atoms with van der Waals surface area (Å²) in [6, 6.07) is 10.7. The molecule has 125 valence electrons. The molecule has 0 aliphatic rings. The molecule has 0 aliphatic heterocycles. The minimum atomic E-state index is -0.807. The summed E-state index contributed by atoms with van der Waals surface area (Å²) >= 11 is 15.9. The van der Waals surface area contributed by atoms with Crippen molar-refractivity contribution in [2.45, 2.75) is 6.04 Å². The third-order valence-electron chi connectivity index (χ3n) is 3.15. The Morgan fingerprint density at radius 3 is 2.21 bits per heavy atom. The molecule has 24 heavy (non-hydrogen) atoms. The fourth-order valence-electron chi connectivity index (χ4n) is 1.94. The average molecular weight is 382 g/mol. The molecule has 0 bridgehead atoms. The van der Waals surface area contributed by atoms with Gasteiger partial charge in [-0.2, -0.15) is 12.6 Å². The van der Waals surface area contributed by atoms with Gasteiger partial charge in [0, 0.05) is 27.0 Å². The molecule has 1 atom stereocenters. The van der Waals surface area contributed by atoms with Crippen LogP contribution in [0, 0.1) is 6.92 Å². The number of benzene rings is 2. The van der Waals surface area contributed by atoms with Crippen molar-refractivity contribution >= 4 is 53.3 Å². The summed E-state index contributed by atoms with van der Waals surface area (Å²) in [6.07, 6.45) is 0. The first-order valence-electron chi connectivity index (χ1n) is 7.00. The number of anilines is 1. The largest absolute Gasteiger partial charge is 0.339 e. The molecule has 0 saturated carbocycles. The number of halogens is 2. The van der Waals surface area contributed by atoms with Crippen molar-refractivity contribution in [1.29, 1.82) is 0 Å². The van der Waals surface area contributed by atoms with Crippen LogP contribution in [0.1, 0.15) is 15.9 Å². The predicted octanol–water partition coefficient (Wildman–Crippen LogP) is 3.84. The Kier molecular flexibility index (Phi) is 6.54. The van der Waals surface area contributed by atoms with Gasteiger partial charge in [0.25, 0.3) is 5.91 Å². The van der Waals surface area contributed by atoms with E-state index in [4.69, 9.17) is 23.2 Å². The zero-order valence-corrected chi connectivity index (χ0v) is 15.0. The lowest BCUT2D eigenvalue weighted by atomic mass is 10.2. The van der Waals surface area contributed by atoms with E-state index >= 15 is 0 Å². The van der Waals surface area contributed by atoms with Crippen LogP contribution in [0.3, 0.4) is 0 Å². The van der Waals surface area contributed by atoms with Gasteiger partial charge in [0.1, 0.15) is 6.04 Å². The molecular weight excluding hydrogens is 367 g/mol.